The van der Waals surface area contributed by atoms with Gasteiger partial charge in [-0.1, -0.05) is 65.2 Å². The number of carbonyl (C=O) groups is 1. The van der Waals surface area contributed by atoms with Crippen molar-refractivity contribution < 1.29 is 4.79 Å². The van der Waals surface area contributed by atoms with Crippen molar-refractivity contribution in [2.24, 2.45) is 0 Å². The molecule has 1 amide bonds. The molecule has 1 aromatic heterocycles. The van der Waals surface area contributed by atoms with Gasteiger partial charge < -0.3 is 5.32 Å². The topological polar surface area (TPSA) is 73.1 Å². The number of aromatic nitrogens is 2. The maximum Gasteiger partial charge on any atom is 0.336 e. The number of fused-ring (bicyclic) bond motifs is 1. The van der Waals surface area contributed by atoms with E-state index in [9.17, 15) is 14.4 Å². The number of aryl methyl sites for hydroxylation is 1. The Labute approximate surface area is 200 Å². The fraction of sp³-hybridized carbons (Fsp3) is 0.160. The lowest BCUT2D eigenvalue weighted by atomic mass is 10.1. The third-order valence-corrected chi connectivity index (χ3v) is 6.18. The third-order valence-electron chi connectivity index (χ3n) is 5.44. The summed E-state index contributed by atoms with van der Waals surface area (Å²) in [6.45, 7) is 3.47. The number of nitrogens with one attached hydrogen (secondary N) is 1. The van der Waals surface area contributed by atoms with Gasteiger partial charge in [-0.05, 0) is 49.7 Å². The van der Waals surface area contributed by atoms with Crippen LogP contribution in [0.3, 0.4) is 0 Å². The fourth-order valence-electron chi connectivity index (χ4n) is 3.75. The van der Waals surface area contributed by atoms with Crippen molar-refractivity contribution in [1.29, 1.82) is 0 Å². The third kappa shape index (κ3) is 4.58. The molecule has 3 aromatic carbocycles. The smallest absolute Gasteiger partial charge is 0.336 e. The van der Waals surface area contributed by atoms with Gasteiger partial charge in [0.1, 0.15) is 6.54 Å². The molecular weight excluding hydrogens is 461 g/mol. The maximum atomic E-state index is 13.4. The predicted molar refractivity (Wildman–Crippen MR) is 132 cm³/mol. The van der Waals surface area contributed by atoms with Crippen molar-refractivity contribution in [2.45, 2.75) is 26.4 Å². The van der Waals surface area contributed by atoms with Crippen molar-refractivity contribution in [1.82, 2.24) is 14.5 Å². The molecule has 0 spiro atoms. The number of nitrogens with zero attached hydrogens (tertiary/aromatic N) is 2. The van der Waals surface area contributed by atoms with E-state index in [0.717, 1.165) is 15.7 Å². The zero-order valence-corrected chi connectivity index (χ0v) is 19.5. The van der Waals surface area contributed by atoms with E-state index in [1.165, 1.54) is 16.7 Å². The molecule has 0 saturated heterocycles. The SMILES string of the molecule is Cc1ccc2c(c1)c(=O)n(-c1ccc(Cl)c(Cl)c1)c(=O)n2CC(=O)N[C@H](C)c1ccccc1. The van der Waals surface area contributed by atoms with E-state index in [4.69, 9.17) is 23.2 Å². The first kappa shape index (κ1) is 22.8. The van der Waals surface area contributed by atoms with Crippen LogP contribution in [0.2, 0.25) is 10.0 Å². The molecule has 1 atom stereocenters. The van der Waals surface area contributed by atoms with Gasteiger partial charge in [-0.2, -0.15) is 0 Å². The Morgan fingerprint density at radius 1 is 0.970 bits per heavy atom. The molecule has 0 bridgehead atoms. The molecular formula is C25H21Cl2N3O3. The van der Waals surface area contributed by atoms with Gasteiger partial charge in [-0.3, -0.25) is 14.2 Å². The fourth-order valence-corrected chi connectivity index (χ4v) is 4.04. The number of amides is 1. The molecule has 0 aliphatic rings. The summed E-state index contributed by atoms with van der Waals surface area (Å²) in [5.74, 6) is -0.352. The molecule has 1 N–H and O–H groups in total. The summed E-state index contributed by atoms with van der Waals surface area (Å²) in [4.78, 5) is 39.6. The number of hydrogen-bond donors (Lipinski definition) is 1. The molecule has 0 radical (unpaired) electrons. The number of hydrogen-bond acceptors (Lipinski definition) is 3. The van der Waals surface area contributed by atoms with Crippen LogP contribution in [0.4, 0.5) is 0 Å². The van der Waals surface area contributed by atoms with Gasteiger partial charge in [0.25, 0.3) is 5.56 Å². The van der Waals surface area contributed by atoms with Gasteiger partial charge in [0.2, 0.25) is 5.91 Å². The second-order valence-corrected chi connectivity index (χ2v) is 8.64. The molecule has 0 aliphatic carbocycles. The lowest BCUT2D eigenvalue weighted by molar-refractivity contribution is -0.122. The van der Waals surface area contributed by atoms with Crippen LogP contribution in [0.1, 0.15) is 24.1 Å². The van der Waals surface area contributed by atoms with Crippen LogP contribution in [0.25, 0.3) is 16.6 Å². The molecule has 33 heavy (non-hydrogen) atoms. The second-order valence-electron chi connectivity index (χ2n) is 7.83. The van der Waals surface area contributed by atoms with E-state index in [0.29, 0.717) is 15.9 Å². The minimum absolute atomic E-state index is 0.214. The lowest BCUT2D eigenvalue weighted by Crippen LogP contribution is -2.42. The van der Waals surface area contributed by atoms with E-state index in [1.807, 2.05) is 44.2 Å². The monoisotopic (exact) mass is 481 g/mol. The van der Waals surface area contributed by atoms with Crippen LogP contribution in [-0.4, -0.2) is 15.0 Å². The lowest BCUT2D eigenvalue weighted by Gasteiger charge is -2.17. The van der Waals surface area contributed by atoms with Crippen LogP contribution in [-0.2, 0) is 11.3 Å². The molecule has 4 aromatic rings. The number of halogens is 2. The molecule has 4 rings (SSSR count). The normalized spacial score (nSPS) is 12.0. The van der Waals surface area contributed by atoms with Crippen molar-refractivity contribution in [3.63, 3.8) is 0 Å². The average Bonchev–Trinajstić information content (AvgIpc) is 2.79. The van der Waals surface area contributed by atoms with Crippen LogP contribution in [0, 0.1) is 6.92 Å². The molecule has 0 aliphatic heterocycles. The average molecular weight is 482 g/mol. The van der Waals surface area contributed by atoms with Gasteiger partial charge in [0.05, 0.1) is 32.7 Å². The van der Waals surface area contributed by atoms with Crippen LogP contribution in [0.5, 0.6) is 0 Å². The zero-order valence-electron chi connectivity index (χ0n) is 18.0. The van der Waals surface area contributed by atoms with Crippen LogP contribution >= 0.6 is 23.2 Å². The van der Waals surface area contributed by atoms with Crippen molar-refractivity contribution in [2.75, 3.05) is 0 Å². The molecule has 0 fully saturated rings. The summed E-state index contributed by atoms with van der Waals surface area (Å²) in [7, 11) is 0. The molecule has 0 unspecified atom stereocenters. The summed E-state index contributed by atoms with van der Waals surface area (Å²) in [6.07, 6.45) is 0. The van der Waals surface area contributed by atoms with Gasteiger partial charge >= 0.3 is 5.69 Å². The summed E-state index contributed by atoms with van der Waals surface area (Å²) in [5, 5.41) is 3.76. The Kier molecular flexibility index (Phi) is 6.40. The quantitative estimate of drug-likeness (QED) is 0.450. The largest absolute Gasteiger partial charge is 0.348 e. The number of benzene rings is 3. The highest BCUT2D eigenvalue weighted by molar-refractivity contribution is 6.42. The minimum Gasteiger partial charge on any atom is -0.348 e. The first-order valence-electron chi connectivity index (χ1n) is 10.3. The second kappa shape index (κ2) is 9.25. The van der Waals surface area contributed by atoms with Gasteiger partial charge in [-0.25, -0.2) is 9.36 Å². The van der Waals surface area contributed by atoms with Crippen molar-refractivity contribution in [3.8, 4) is 5.69 Å². The van der Waals surface area contributed by atoms with Gasteiger partial charge in [0.15, 0.2) is 0 Å². The summed E-state index contributed by atoms with van der Waals surface area (Å²) < 4.78 is 2.31. The van der Waals surface area contributed by atoms with E-state index in [2.05, 4.69) is 5.32 Å². The molecule has 8 heteroatoms. The summed E-state index contributed by atoms with van der Waals surface area (Å²) in [5.41, 5.74) is 1.32. The van der Waals surface area contributed by atoms with Gasteiger partial charge in [-0.15, -0.1) is 0 Å². The van der Waals surface area contributed by atoms with E-state index < -0.39 is 11.2 Å². The molecule has 168 valence electrons. The first-order chi connectivity index (χ1) is 15.8. The Hall–Kier alpha value is -3.35. The van der Waals surface area contributed by atoms with Gasteiger partial charge in [0, 0.05) is 0 Å². The maximum absolute atomic E-state index is 13.4. The first-order valence-corrected chi connectivity index (χ1v) is 11.1. The summed E-state index contributed by atoms with van der Waals surface area (Å²) in [6, 6.07) is 19.0. The summed E-state index contributed by atoms with van der Waals surface area (Å²) >= 11 is 12.1. The highest BCUT2D eigenvalue weighted by Gasteiger charge is 2.18. The number of rotatable bonds is 5. The van der Waals surface area contributed by atoms with E-state index in [1.54, 1.807) is 24.3 Å². The predicted octanol–water partition coefficient (Wildman–Crippen LogP) is 4.65. The minimum atomic E-state index is -0.641. The Morgan fingerprint density at radius 2 is 1.70 bits per heavy atom. The highest BCUT2D eigenvalue weighted by Crippen LogP contribution is 2.24. The Morgan fingerprint density at radius 3 is 2.39 bits per heavy atom. The Balaban J connectivity index is 1.82. The standard InChI is InChI=1S/C25H21Cl2N3O3/c1-15-8-11-22-19(12-15)24(32)30(18-9-10-20(26)21(27)13-18)25(33)29(22)14-23(31)28-16(2)17-6-4-3-5-7-17/h3-13,16H,14H2,1-2H3,(H,28,31)/t16-/m1/s1. The van der Waals surface area contributed by atoms with Crippen molar-refractivity contribution >= 4 is 40.0 Å². The van der Waals surface area contributed by atoms with E-state index >= 15 is 0 Å². The van der Waals surface area contributed by atoms with Crippen LogP contribution < -0.4 is 16.6 Å². The highest BCUT2D eigenvalue weighted by atomic mass is 35.5. The molecule has 1 heterocycles. The number of carbonyl (C=O) groups excluding carboxylic acids is 1. The van der Waals surface area contributed by atoms with Crippen LogP contribution in [0.15, 0.2) is 76.3 Å². The zero-order chi connectivity index (χ0) is 23.7. The van der Waals surface area contributed by atoms with Crippen molar-refractivity contribution in [3.05, 3.63) is 109 Å². The Bertz CT molecular complexity index is 1480. The molecule has 6 nitrogen and oxygen atoms in total. The van der Waals surface area contributed by atoms with E-state index in [-0.39, 0.29) is 29.2 Å². The molecule has 0 saturated carbocycles.